The van der Waals surface area contributed by atoms with Gasteiger partial charge in [-0.3, -0.25) is 0 Å². The Balaban J connectivity index is 2.13. The van der Waals surface area contributed by atoms with Crippen LogP contribution >= 0.6 is 11.8 Å². The van der Waals surface area contributed by atoms with Crippen molar-refractivity contribution in [3.63, 3.8) is 0 Å². The molecule has 0 saturated carbocycles. The summed E-state index contributed by atoms with van der Waals surface area (Å²) in [6.45, 7) is 3.83. The van der Waals surface area contributed by atoms with Crippen LogP contribution < -0.4 is 5.73 Å². The van der Waals surface area contributed by atoms with E-state index in [1.54, 1.807) is 18.2 Å². The molecule has 2 rings (SSSR count). The average molecular weight is 263 g/mol. The van der Waals surface area contributed by atoms with Gasteiger partial charge < -0.3 is 5.73 Å². The lowest BCUT2D eigenvalue weighted by Crippen LogP contribution is -1.97. The zero-order chi connectivity index (χ0) is 13.1. The number of rotatable bonds is 3. The average Bonchev–Trinajstić information content (AvgIpc) is 2.29. The van der Waals surface area contributed by atoms with E-state index >= 15 is 0 Å². The number of aromatic nitrogens is 2. The number of anilines is 1. The van der Waals surface area contributed by atoms with Gasteiger partial charge in [-0.15, -0.1) is 0 Å². The van der Waals surface area contributed by atoms with E-state index in [2.05, 4.69) is 9.97 Å². The van der Waals surface area contributed by atoms with E-state index < -0.39 is 0 Å². The van der Waals surface area contributed by atoms with Crippen LogP contribution in [0, 0.1) is 19.7 Å². The minimum Gasteiger partial charge on any atom is -0.384 e. The quantitative estimate of drug-likeness (QED) is 0.683. The smallest absolute Gasteiger partial charge is 0.190 e. The SMILES string of the molecule is Cc1cc(N)nc(SCc2cc(F)ccc2C)n1. The minimum atomic E-state index is -0.221. The molecular weight excluding hydrogens is 249 g/mol. The molecule has 0 spiro atoms. The van der Waals surface area contributed by atoms with Gasteiger partial charge >= 0.3 is 0 Å². The second-order valence-corrected chi connectivity index (χ2v) is 5.02. The maximum absolute atomic E-state index is 13.1. The van der Waals surface area contributed by atoms with Crippen LogP contribution in [0.3, 0.4) is 0 Å². The Morgan fingerprint density at radius 1 is 1.22 bits per heavy atom. The summed E-state index contributed by atoms with van der Waals surface area (Å²) in [6.07, 6.45) is 0. The third-order valence-electron chi connectivity index (χ3n) is 2.52. The molecule has 94 valence electrons. The van der Waals surface area contributed by atoms with Crippen LogP contribution in [0.1, 0.15) is 16.8 Å². The van der Waals surface area contributed by atoms with E-state index in [0.29, 0.717) is 16.7 Å². The highest BCUT2D eigenvalue weighted by molar-refractivity contribution is 7.98. The summed E-state index contributed by atoms with van der Waals surface area (Å²) in [4.78, 5) is 8.42. The zero-order valence-electron chi connectivity index (χ0n) is 10.3. The normalized spacial score (nSPS) is 10.6. The molecule has 0 atom stereocenters. The Labute approximate surface area is 110 Å². The van der Waals surface area contributed by atoms with Crippen LogP contribution in [0.4, 0.5) is 10.2 Å². The second-order valence-electron chi connectivity index (χ2n) is 4.08. The maximum Gasteiger partial charge on any atom is 0.190 e. The van der Waals surface area contributed by atoms with Crippen molar-refractivity contribution in [3.8, 4) is 0 Å². The van der Waals surface area contributed by atoms with Gasteiger partial charge in [0, 0.05) is 17.5 Å². The number of nitrogen functional groups attached to an aromatic ring is 1. The number of thioether (sulfide) groups is 1. The fraction of sp³-hybridized carbons (Fsp3) is 0.231. The number of nitrogens with zero attached hydrogens (tertiary/aromatic N) is 2. The van der Waals surface area contributed by atoms with Crippen molar-refractivity contribution in [3.05, 3.63) is 46.9 Å². The molecule has 0 saturated heterocycles. The lowest BCUT2D eigenvalue weighted by Gasteiger charge is -2.06. The Kier molecular flexibility index (Phi) is 3.81. The third kappa shape index (κ3) is 3.20. The number of benzene rings is 1. The molecule has 1 aromatic heterocycles. The molecule has 0 aliphatic carbocycles. The van der Waals surface area contributed by atoms with Gasteiger partial charge in [0.15, 0.2) is 5.16 Å². The number of aryl methyl sites for hydroxylation is 2. The van der Waals surface area contributed by atoms with Gasteiger partial charge in [0.25, 0.3) is 0 Å². The molecule has 18 heavy (non-hydrogen) atoms. The van der Waals surface area contributed by atoms with Crippen molar-refractivity contribution in [1.29, 1.82) is 0 Å². The summed E-state index contributed by atoms with van der Waals surface area (Å²) in [7, 11) is 0. The molecule has 1 heterocycles. The van der Waals surface area contributed by atoms with E-state index in [0.717, 1.165) is 16.8 Å². The third-order valence-corrected chi connectivity index (χ3v) is 3.42. The monoisotopic (exact) mass is 263 g/mol. The van der Waals surface area contributed by atoms with Gasteiger partial charge in [-0.2, -0.15) is 0 Å². The standard InChI is InChI=1S/C13H14FN3S/c1-8-3-4-11(14)6-10(8)7-18-13-16-9(2)5-12(15)17-13/h3-6H,7H2,1-2H3,(H2,15,16,17). The maximum atomic E-state index is 13.1. The van der Waals surface area contributed by atoms with Crippen molar-refractivity contribution >= 4 is 17.6 Å². The lowest BCUT2D eigenvalue weighted by atomic mass is 10.1. The van der Waals surface area contributed by atoms with Crippen LogP contribution in [-0.4, -0.2) is 9.97 Å². The first-order chi connectivity index (χ1) is 8.54. The Hall–Kier alpha value is -1.62. The minimum absolute atomic E-state index is 0.221. The summed E-state index contributed by atoms with van der Waals surface area (Å²) < 4.78 is 13.1. The van der Waals surface area contributed by atoms with Crippen LogP contribution in [-0.2, 0) is 5.75 Å². The molecule has 0 aliphatic rings. The summed E-state index contributed by atoms with van der Waals surface area (Å²) >= 11 is 1.46. The molecule has 2 aromatic rings. The van der Waals surface area contributed by atoms with Crippen molar-refractivity contribution < 1.29 is 4.39 Å². The molecule has 0 fully saturated rings. The van der Waals surface area contributed by atoms with E-state index in [4.69, 9.17) is 5.73 Å². The predicted octanol–water partition coefficient (Wildman–Crippen LogP) is 3.11. The Morgan fingerprint density at radius 2 is 2.00 bits per heavy atom. The highest BCUT2D eigenvalue weighted by Crippen LogP contribution is 2.22. The molecule has 5 heteroatoms. The van der Waals surface area contributed by atoms with Crippen molar-refractivity contribution in [2.24, 2.45) is 0 Å². The van der Waals surface area contributed by atoms with Crippen molar-refractivity contribution in [1.82, 2.24) is 9.97 Å². The van der Waals surface area contributed by atoms with Crippen LogP contribution in [0.25, 0.3) is 0 Å². The molecule has 3 nitrogen and oxygen atoms in total. The zero-order valence-corrected chi connectivity index (χ0v) is 11.1. The second kappa shape index (κ2) is 5.35. The molecule has 0 amide bonds. The van der Waals surface area contributed by atoms with Crippen molar-refractivity contribution in [2.45, 2.75) is 24.8 Å². The van der Waals surface area contributed by atoms with Crippen LogP contribution in [0.5, 0.6) is 0 Å². The molecule has 0 radical (unpaired) electrons. The summed E-state index contributed by atoms with van der Waals surface area (Å²) in [6, 6.07) is 6.50. The lowest BCUT2D eigenvalue weighted by molar-refractivity contribution is 0.626. The number of nitrogens with two attached hydrogens (primary N) is 1. The van der Waals surface area contributed by atoms with E-state index in [1.807, 2.05) is 13.8 Å². The molecule has 0 aliphatic heterocycles. The van der Waals surface area contributed by atoms with Gasteiger partial charge in [0.1, 0.15) is 11.6 Å². The summed E-state index contributed by atoms with van der Waals surface area (Å²) in [5, 5.41) is 0.621. The first kappa shape index (κ1) is 12.8. The first-order valence-electron chi connectivity index (χ1n) is 5.53. The summed E-state index contributed by atoms with van der Waals surface area (Å²) in [5.41, 5.74) is 8.50. The Morgan fingerprint density at radius 3 is 2.72 bits per heavy atom. The topological polar surface area (TPSA) is 51.8 Å². The van der Waals surface area contributed by atoms with Gasteiger partial charge in [0.05, 0.1) is 0 Å². The largest absolute Gasteiger partial charge is 0.384 e. The number of hydrogen-bond donors (Lipinski definition) is 1. The molecular formula is C13H14FN3S. The van der Waals surface area contributed by atoms with Gasteiger partial charge in [-0.25, -0.2) is 14.4 Å². The fourth-order valence-electron chi connectivity index (χ4n) is 1.57. The van der Waals surface area contributed by atoms with Crippen LogP contribution in [0.2, 0.25) is 0 Å². The number of hydrogen-bond acceptors (Lipinski definition) is 4. The van der Waals surface area contributed by atoms with E-state index in [9.17, 15) is 4.39 Å². The molecule has 0 unspecified atom stereocenters. The predicted molar refractivity (Wildman–Crippen MR) is 71.9 cm³/mol. The van der Waals surface area contributed by atoms with Gasteiger partial charge in [0.2, 0.25) is 0 Å². The highest BCUT2D eigenvalue weighted by atomic mass is 32.2. The van der Waals surface area contributed by atoms with Crippen LogP contribution in [0.15, 0.2) is 29.4 Å². The van der Waals surface area contributed by atoms with Crippen molar-refractivity contribution in [2.75, 3.05) is 5.73 Å². The number of halogens is 1. The fourth-order valence-corrected chi connectivity index (χ4v) is 2.54. The summed E-state index contributed by atoms with van der Waals surface area (Å²) in [5.74, 6) is 0.869. The van der Waals surface area contributed by atoms with Gasteiger partial charge in [-0.05, 0) is 37.1 Å². The molecule has 1 aromatic carbocycles. The molecule has 2 N–H and O–H groups in total. The first-order valence-corrected chi connectivity index (χ1v) is 6.52. The van der Waals surface area contributed by atoms with E-state index in [1.165, 1.54) is 17.8 Å². The highest BCUT2D eigenvalue weighted by Gasteiger charge is 2.05. The van der Waals surface area contributed by atoms with Gasteiger partial charge in [-0.1, -0.05) is 17.8 Å². The Bertz CT molecular complexity index is 552. The van der Waals surface area contributed by atoms with E-state index in [-0.39, 0.29) is 5.82 Å². The molecule has 0 bridgehead atoms.